The van der Waals surface area contributed by atoms with Crippen molar-refractivity contribution >= 4 is 32.6 Å². The number of hydrogen-bond donors (Lipinski definition) is 0. The number of thiazole rings is 1. The molecule has 36 heavy (non-hydrogen) atoms. The van der Waals surface area contributed by atoms with Crippen molar-refractivity contribution in [3.8, 4) is 23.0 Å². The number of anilines is 1. The van der Waals surface area contributed by atoms with Crippen molar-refractivity contribution in [2.75, 3.05) is 45.3 Å². The fraction of sp³-hybridized carbons (Fsp3) is 0.286. The number of fused-ring (bicyclic) bond motifs is 1. The fourth-order valence-corrected chi connectivity index (χ4v) is 4.90. The van der Waals surface area contributed by atoms with Gasteiger partial charge in [-0.3, -0.25) is 9.69 Å². The highest BCUT2D eigenvalue weighted by molar-refractivity contribution is 7.22. The Bertz CT molecular complexity index is 1260. The Hall–Kier alpha value is -3.62. The van der Waals surface area contributed by atoms with Crippen LogP contribution in [-0.4, -0.2) is 56.2 Å². The van der Waals surface area contributed by atoms with Gasteiger partial charge in [0.25, 0.3) is 5.91 Å². The van der Waals surface area contributed by atoms with E-state index in [1.54, 1.807) is 25.2 Å². The Kier molecular flexibility index (Phi) is 8.40. The van der Waals surface area contributed by atoms with Gasteiger partial charge in [0, 0.05) is 30.8 Å². The van der Waals surface area contributed by atoms with Gasteiger partial charge in [-0.2, -0.15) is 0 Å². The molecule has 0 fully saturated rings. The number of likely N-dealkylation sites (N-methyl/N-ethyl adjacent to an activating group) is 1. The molecular formula is C28H31N3O4S. The highest BCUT2D eigenvalue weighted by Crippen LogP contribution is 2.37. The molecule has 0 N–H and O–H groups in total. The van der Waals surface area contributed by atoms with Gasteiger partial charge in [0.05, 0.1) is 24.4 Å². The summed E-state index contributed by atoms with van der Waals surface area (Å²) in [7, 11) is 3.21. The minimum absolute atomic E-state index is 0.126. The molecule has 4 rings (SSSR count). The lowest BCUT2D eigenvalue weighted by Crippen LogP contribution is -2.38. The first kappa shape index (κ1) is 25.5. The molecule has 7 nitrogen and oxygen atoms in total. The number of benzene rings is 3. The van der Waals surface area contributed by atoms with Gasteiger partial charge in [0.2, 0.25) is 0 Å². The van der Waals surface area contributed by atoms with Crippen LogP contribution in [0.5, 0.6) is 23.0 Å². The molecule has 0 spiro atoms. The minimum atomic E-state index is -0.126. The molecule has 0 aliphatic heterocycles. The van der Waals surface area contributed by atoms with Gasteiger partial charge in [-0.25, -0.2) is 4.98 Å². The summed E-state index contributed by atoms with van der Waals surface area (Å²) >= 11 is 1.46. The molecule has 0 bridgehead atoms. The zero-order valence-electron chi connectivity index (χ0n) is 21.1. The predicted octanol–water partition coefficient (Wildman–Crippen LogP) is 6.09. The van der Waals surface area contributed by atoms with E-state index in [1.807, 2.05) is 60.7 Å². The Morgan fingerprint density at radius 3 is 2.25 bits per heavy atom. The van der Waals surface area contributed by atoms with Crippen molar-refractivity contribution in [2.45, 2.75) is 13.8 Å². The number of para-hydroxylation sites is 1. The van der Waals surface area contributed by atoms with E-state index in [9.17, 15) is 4.79 Å². The Morgan fingerprint density at radius 2 is 1.56 bits per heavy atom. The van der Waals surface area contributed by atoms with Gasteiger partial charge in [-0.15, -0.1) is 0 Å². The summed E-state index contributed by atoms with van der Waals surface area (Å²) in [5.41, 5.74) is 1.30. The number of hydrogen-bond acceptors (Lipinski definition) is 7. The van der Waals surface area contributed by atoms with E-state index in [4.69, 9.17) is 19.2 Å². The smallest absolute Gasteiger partial charge is 0.260 e. The van der Waals surface area contributed by atoms with E-state index in [1.165, 1.54) is 11.3 Å². The lowest BCUT2D eigenvalue weighted by molar-refractivity contribution is 0.0983. The van der Waals surface area contributed by atoms with Crippen LogP contribution < -0.4 is 19.1 Å². The molecule has 0 saturated carbocycles. The quantitative estimate of drug-likeness (QED) is 0.246. The molecule has 8 heteroatoms. The minimum Gasteiger partial charge on any atom is -0.493 e. The first-order valence-corrected chi connectivity index (χ1v) is 12.8. The number of carbonyl (C=O) groups is 1. The van der Waals surface area contributed by atoms with Gasteiger partial charge in [-0.1, -0.05) is 49.4 Å². The molecule has 4 aromatic rings. The van der Waals surface area contributed by atoms with Crippen LogP contribution in [-0.2, 0) is 0 Å². The van der Waals surface area contributed by atoms with Crippen molar-refractivity contribution in [3.05, 3.63) is 72.3 Å². The van der Waals surface area contributed by atoms with Crippen molar-refractivity contribution < 1.29 is 19.0 Å². The third kappa shape index (κ3) is 5.78. The molecule has 0 atom stereocenters. The van der Waals surface area contributed by atoms with E-state index >= 15 is 0 Å². The average Bonchev–Trinajstić information content (AvgIpc) is 3.33. The summed E-state index contributed by atoms with van der Waals surface area (Å²) < 4.78 is 17.8. The maximum Gasteiger partial charge on any atom is 0.260 e. The van der Waals surface area contributed by atoms with E-state index in [0.717, 1.165) is 35.6 Å². The third-order valence-electron chi connectivity index (χ3n) is 5.95. The SMILES string of the molecule is CCN(CC)CCN(C(=O)c1cccc(Oc2ccccc2)c1)c1nc2cc(OC)c(OC)cc2s1. The lowest BCUT2D eigenvalue weighted by atomic mass is 10.2. The zero-order chi connectivity index (χ0) is 25.5. The topological polar surface area (TPSA) is 64.1 Å². The maximum absolute atomic E-state index is 13.8. The van der Waals surface area contributed by atoms with E-state index in [-0.39, 0.29) is 5.91 Å². The van der Waals surface area contributed by atoms with Crippen molar-refractivity contribution in [2.24, 2.45) is 0 Å². The summed E-state index contributed by atoms with van der Waals surface area (Å²) in [5.74, 6) is 2.43. The number of amides is 1. The number of aromatic nitrogens is 1. The van der Waals surface area contributed by atoms with Gasteiger partial charge in [-0.05, 0) is 43.4 Å². The van der Waals surface area contributed by atoms with E-state index < -0.39 is 0 Å². The molecule has 1 heterocycles. The summed E-state index contributed by atoms with van der Waals surface area (Å²) in [6, 6.07) is 20.5. The molecule has 0 aliphatic rings. The van der Waals surface area contributed by atoms with Crippen LogP contribution in [0.15, 0.2) is 66.7 Å². The lowest BCUT2D eigenvalue weighted by Gasteiger charge is -2.25. The predicted molar refractivity (Wildman–Crippen MR) is 145 cm³/mol. The van der Waals surface area contributed by atoms with E-state index in [0.29, 0.717) is 34.5 Å². The van der Waals surface area contributed by atoms with Crippen LogP contribution >= 0.6 is 11.3 Å². The average molecular weight is 506 g/mol. The number of nitrogens with zero attached hydrogens (tertiary/aromatic N) is 3. The summed E-state index contributed by atoms with van der Waals surface area (Å²) in [6.45, 7) is 7.31. The number of carbonyl (C=O) groups excluding carboxylic acids is 1. The molecule has 0 saturated heterocycles. The first-order valence-electron chi connectivity index (χ1n) is 12.0. The van der Waals surface area contributed by atoms with Crippen molar-refractivity contribution in [3.63, 3.8) is 0 Å². The van der Waals surface area contributed by atoms with Crippen LogP contribution in [0, 0.1) is 0 Å². The van der Waals surface area contributed by atoms with E-state index in [2.05, 4.69) is 18.7 Å². The van der Waals surface area contributed by atoms with Crippen molar-refractivity contribution in [1.29, 1.82) is 0 Å². The van der Waals surface area contributed by atoms with Gasteiger partial charge in [0.15, 0.2) is 16.6 Å². The molecule has 0 aliphatic carbocycles. The molecule has 3 aromatic carbocycles. The Balaban J connectivity index is 1.68. The molecular weight excluding hydrogens is 474 g/mol. The second-order valence-electron chi connectivity index (χ2n) is 8.10. The highest BCUT2D eigenvalue weighted by Gasteiger charge is 2.23. The number of ether oxygens (including phenoxy) is 3. The molecule has 0 radical (unpaired) electrons. The highest BCUT2D eigenvalue weighted by atomic mass is 32.1. The largest absolute Gasteiger partial charge is 0.493 e. The van der Waals surface area contributed by atoms with Gasteiger partial charge in [0.1, 0.15) is 11.5 Å². The summed E-state index contributed by atoms with van der Waals surface area (Å²) in [6.07, 6.45) is 0. The van der Waals surface area contributed by atoms with Gasteiger partial charge < -0.3 is 19.1 Å². The van der Waals surface area contributed by atoms with Crippen molar-refractivity contribution in [1.82, 2.24) is 9.88 Å². The monoisotopic (exact) mass is 505 g/mol. The van der Waals surface area contributed by atoms with Crippen LogP contribution in [0.1, 0.15) is 24.2 Å². The van der Waals surface area contributed by atoms with Crippen LogP contribution in [0.25, 0.3) is 10.2 Å². The standard InChI is InChI=1S/C28H31N3O4S/c1-5-30(6-2)15-16-31(28-29-23-18-24(33-3)25(34-4)19-26(23)36-28)27(32)20-11-10-14-22(17-20)35-21-12-8-7-9-13-21/h7-14,17-19H,5-6,15-16H2,1-4H3. The zero-order valence-corrected chi connectivity index (χ0v) is 21.9. The van der Waals surface area contributed by atoms with Crippen LogP contribution in [0.2, 0.25) is 0 Å². The Morgan fingerprint density at radius 1 is 0.861 bits per heavy atom. The normalized spacial score (nSPS) is 11.0. The maximum atomic E-state index is 13.8. The summed E-state index contributed by atoms with van der Waals surface area (Å²) in [5, 5.41) is 0.631. The van der Waals surface area contributed by atoms with Gasteiger partial charge >= 0.3 is 0 Å². The third-order valence-corrected chi connectivity index (χ3v) is 6.99. The van der Waals surface area contributed by atoms with Crippen LogP contribution in [0.4, 0.5) is 5.13 Å². The molecule has 188 valence electrons. The second kappa shape index (κ2) is 11.9. The summed E-state index contributed by atoms with van der Waals surface area (Å²) in [4.78, 5) is 22.7. The first-order chi connectivity index (χ1) is 17.6. The number of rotatable bonds is 11. The molecule has 1 aromatic heterocycles. The van der Waals surface area contributed by atoms with Crippen LogP contribution in [0.3, 0.4) is 0 Å². The Labute approximate surface area is 215 Å². The fourth-order valence-electron chi connectivity index (χ4n) is 3.90. The second-order valence-corrected chi connectivity index (χ2v) is 9.11. The molecule has 1 amide bonds. The molecule has 0 unspecified atom stereocenters. The number of methoxy groups -OCH3 is 2.